The maximum atomic E-state index is 13.4. The van der Waals surface area contributed by atoms with Crippen LogP contribution in [0, 0.1) is 5.82 Å². The van der Waals surface area contributed by atoms with Gasteiger partial charge in [-0.2, -0.15) is 0 Å². The zero-order chi connectivity index (χ0) is 13.1. The second-order valence-corrected chi connectivity index (χ2v) is 4.47. The lowest BCUT2D eigenvalue weighted by atomic mass is 10.2. The number of halogens is 1. The molecule has 0 spiro atoms. The van der Waals surface area contributed by atoms with Crippen molar-refractivity contribution in [3.63, 3.8) is 0 Å². The molecule has 1 unspecified atom stereocenters. The van der Waals surface area contributed by atoms with Gasteiger partial charge < -0.3 is 16.2 Å². The summed E-state index contributed by atoms with van der Waals surface area (Å²) in [5.74, 6) is -0.826. The van der Waals surface area contributed by atoms with E-state index in [-0.39, 0.29) is 24.2 Å². The number of nitrogens with one attached hydrogen (secondary N) is 1. The Bertz CT molecular complexity index is 453. The predicted molar refractivity (Wildman–Crippen MR) is 66.5 cm³/mol. The van der Waals surface area contributed by atoms with Crippen molar-refractivity contribution in [1.82, 2.24) is 4.90 Å². The highest BCUT2D eigenvalue weighted by atomic mass is 19.1. The number of likely N-dealkylation sites (tertiary alicyclic amines) is 1. The first kappa shape index (κ1) is 12.8. The van der Waals surface area contributed by atoms with Crippen molar-refractivity contribution in [1.29, 1.82) is 0 Å². The molecule has 18 heavy (non-hydrogen) atoms. The number of hydrogen-bond donors (Lipinski definition) is 3. The Labute approximate surface area is 104 Å². The number of hydrogen-bond acceptors (Lipinski definition) is 4. The molecule has 6 heteroatoms. The van der Waals surface area contributed by atoms with Crippen molar-refractivity contribution in [3.8, 4) is 0 Å². The minimum Gasteiger partial charge on any atom is -0.399 e. The average molecular weight is 253 g/mol. The number of aliphatic hydroxyl groups is 1. The maximum Gasteiger partial charge on any atom is 0.238 e. The van der Waals surface area contributed by atoms with Gasteiger partial charge in [-0.15, -0.1) is 0 Å². The Morgan fingerprint density at radius 1 is 1.61 bits per heavy atom. The topological polar surface area (TPSA) is 78.6 Å². The summed E-state index contributed by atoms with van der Waals surface area (Å²) in [6.45, 7) is 1.30. The number of aliphatic hydroxyl groups excluding tert-OH is 1. The summed E-state index contributed by atoms with van der Waals surface area (Å²) in [4.78, 5) is 13.5. The molecule has 0 radical (unpaired) electrons. The van der Waals surface area contributed by atoms with Gasteiger partial charge in [0, 0.05) is 18.8 Å². The van der Waals surface area contributed by atoms with Gasteiger partial charge in [-0.1, -0.05) is 0 Å². The zero-order valence-electron chi connectivity index (χ0n) is 9.90. The van der Waals surface area contributed by atoms with Crippen LogP contribution in [0.25, 0.3) is 0 Å². The third-order valence-electron chi connectivity index (χ3n) is 2.88. The molecule has 4 N–H and O–H groups in total. The van der Waals surface area contributed by atoms with Crippen molar-refractivity contribution >= 4 is 17.3 Å². The number of amides is 1. The summed E-state index contributed by atoms with van der Waals surface area (Å²) in [5, 5.41) is 11.8. The van der Waals surface area contributed by atoms with E-state index in [1.165, 1.54) is 18.2 Å². The number of carbonyl (C=O) groups is 1. The van der Waals surface area contributed by atoms with Gasteiger partial charge in [0.25, 0.3) is 0 Å². The third kappa shape index (κ3) is 3.18. The van der Waals surface area contributed by atoms with Gasteiger partial charge in [-0.25, -0.2) is 4.39 Å². The number of nitrogen functional groups attached to an aromatic ring is 1. The van der Waals surface area contributed by atoms with Crippen LogP contribution in [0.4, 0.5) is 15.8 Å². The lowest BCUT2D eigenvalue weighted by Crippen LogP contribution is -2.32. The molecule has 1 aliphatic heterocycles. The number of carbonyl (C=O) groups excluding carboxylic acids is 1. The first-order chi connectivity index (χ1) is 8.54. The molecule has 0 saturated carbocycles. The van der Waals surface area contributed by atoms with Crippen LogP contribution in [0.5, 0.6) is 0 Å². The van der Waals surface area contributed by atoms with E-state index in [1.54, 1.807) is 0 Å². The number of nitrogens with zero attached hydrogens (tertiary/aromatic N) is 1. The van der Waals surface area contributed by atoms with Gasteiger partial charge >= 0.3 is 0 Å². The smallest absolute Gasteiger partial charge is 0.238 e. The standard InChI is InChI=1S/C12H16FN3O2/c13-10-2-1-8(14)5-11(10)15-12(18)7-16-4-3-9(17)6-16/h1-2,5,9,17H,3-4,6-7,14H2,(H,15,18). The molecule has 0 aliphatic carbocycles. The predicted octanol–water partition coefficient (Wildman–Crippen LogP) is 0.413. The molecular formula is C12H16FN3O2. The van der Waals surface area contributed by atoms with Gasteiger partial charge in [-0.3, -0.25) is 9.69 Å². The van der Waals surface area contributed by atoms with E-state index in [1.807, 2.05) is 4.90 Å². The largest absolute Gasteiger partial charge is 0.399 e. The van der Waals surface area contributed by atoms with Crippen LogP contribution < -0.4 is 11.1 Å². The van der Waals surface area contributed by atoms with E-state index in [4.69, 9.17) is 5.73 Å². The fraction of sp³-hybridized carbons (Fsp3) is 0.417. The number of nitrogens with two attached hydrogens (primary N) is 1. The number of rotatable bonds is 3. The van der Waals surface area contributed by atoms with Crippen molar-refractivity contribution < 1.29 is 14.3 Å². The third-order valence-corrected chi connectivity index (χ3v) is 2.88. The van der Waals surface area contributed by atoms with Crippen molar-refractivity contribution in [2.75, 3.05) is 30.7 Å². The molecule has 1 heterocycles. The number of anilines is 2. The molecule has 1 aliphatic rings. The summed E-state index contributed by atoms with van der Waals surface area (Å²) >= 11 is 0. The monoisotopic (exact) mass is 253 g/mol. The molecule has 1 fully saturated rings. The van der Waals surface area contributed by atoms with Crippen LogP contribution in [0.1, 0.15) is 6.42 Å². The van der Waals surface area contributed by atoms with Crippen LogP contribution in [-0.4, -0.2) is 41.7 Å². The molecule has 1 saturated heterocycles. The first-order valence-electron chi connectivity index (χ1n) is 5.80. The summed E-state index contributed by atoms with van der Waals surface area (Å²) < 4.78 is 13.4. The van der Waals surface area contributed by atoms with E-state index in [0.29, 0.717) is 25.2 Å². The molecular weight excluding hydrogens is 237 g/mol. The van der Waals surface area contributed by atoms with Gasteiger partial charge in [0.15, 0.2) is 0 Å². The van der Waals surface area contributed by atoms with E-state index in [9.17, 15) is 14.3 Å². The van der Waals surface area contributed by atoms with E-state index in [2.05, 4.69) is 5.32 Å². The number of β-amino-alcohol motifs (C(OH)–C–C–N with tert-alkyl or cyclic N) is 1. The Kier molecular flexibility index (Phi) is 3.78. The quantitative estimate of drug-likeness (QED) is 0.682. The molecule has 5 nitrogen and oxygen atoms in total. The summed E-state index contributed by atoms with van der Waals surface area (Å²) in [5.41, 5.74) is 6.00. The molecule has 98 valence electrons. The molecule has 0 aromatic heterocycles. The van der Waals surface area contributed by atoms with Crippen molar-refractivity contribution in [3.05, 3.63) is 24.0 Å². The molecule has 1 aromatic rings. The Balaban J connectivity index is 1.92. The molecule has 1 amide bonds. The first-order valence-corrected chi connectivity index (χ1v) is 5.80. The Hall–Kier alpha value is -1.66. The van der Waals surface area contributed by atoms with Crippen molar-refractivity contribution in [2.24, 2.45) is 0 Å². The summed E-state index contributed by atoms with van der Waals surface area (Å²) in [6.07, 6.45) is 0.293. The van der Waals surface area contributed by atoms with Crippen molar-refractivity contribution in [2.45, 2.75) is 12.5 Å². The fourth-order valence-electron chi connectivity index (χ4n) is 1.99. The molecule has 1 atom stereocenters. The van der Waals surface area contributed by atoms with Gasteiger partial charge in [-0.05, 0) is 24.6 Å². The summed E-state index contributed by atoms with van der Waals surface area (Å²) in [6, 6.07) is 4.03. The fourth-order valence-corrected chi connectivity index (χ4v) is 1.99. The van der Waals surface area contributed by atoms with Crippen LogP contribution in [0.15, 0.2) is 18.2 Å². The minimum atomic E-state index is -0.515. The van der Waals surface area contributed by atoms with Gasteiger partial charge in [0.1, 0.15) is 5.82 Å². The highest BCUT2D eigenvalue weighted by Crippen LogP contribution is 2.17. The Morgan fingerprint density at radius 3 is 3.06 bits per heavy atom. The van der Waals surface area contributed by atoms with Crippen LogP contribution >= 0.6 is 0 Å². The maximum absolute atomic E-state index is 13.4. The van der Waals surface area contributed by atoms with Gasteiger partial charge in [0.05, 0.1) is 18.3 Å². The lowest BCUT2D eigenvalue weighted by Gasteiger charge is -2.14. The second kappa shape index (κ2) is 5.32. The number of benzene rings is 1. The highest BCUT2D eigenvalue weighted by Gasteiger charge is 2.22. The molecule has 1 aromatic carbocycles. The SMILES string of the molecule is Nc1ccc(F)c(NC(=O)CN2CCC(O)C2)c1. The van der Waals surface area contributed by atoms with E-state index >= 15 is 0 Å². The normalized spacial score (nSPS) is 20.0. The van der Waals surface area contributed by atoms with Crippen LogP contribution in [0.2, 0.25) is 0 Å². The van der Waals surface area contributed by atoms with E-state index in [0.717, 1.165) is 0 Å². The zero-order valence-corrected chi connectivity index (χ0v) is 9.90. The minimum absolute atomic E-state index is 0.0831. The van der Waals surface area contributed by atoms with Crippen LogP contribution in [0.3, 0.4) is 0 Å². The van der Waals surface area contributed by atoms with Crippen LogP contribution in [-0.2, 0) is 4.79 Å². The highest BCUT2D eigenvalue weighted by molar-refractivity contribution is 5.92. The van der Waals surface area contributed by atoms with E-state index < -0.39 is 5.82 Å². The second-order valence-electron chi connectivity index (χ2n) is 4.47. The van der Waals surface area contributed by atoms with Gasteiger partial charge in [0.2, 0.25) is 5.91 Å². The Morgan fingerprint density at radius 2 is 2.39 bits per heavy atom. The molecule has 2 rings (SSSR count). The lowest BCUT2D eigenvalue weighted by molar-refractivity contribution is -0.117. The average Bonchev–Trinajstić information content (AvgIpc) is 2.69. The molecule has 0 bridgehead atoms. The summed E-state index contributed by atoms with van der Waals surface area (Å²) in [7, 11) is 0.